The summed E-state index contributed by atoms with van der Waals surface area (Å²) < 4.78 is 0. The van der Waals surface area contributed by atoms with Crippen LogP contribution in [0.1, 0.15) is 46.5 Å². The van der Waals surface area contributed by atoms with E-state index in [2.05, 4.69) is 13.8 Å². The number of hydrogen-bond donors (Lipinski definition) is 1. The third-order valence-corrected chi connectivity index (χ3v) is 5.33. The Hall–Kier alpha value is -1.12. The van der Waals surface area contributed by atoms with Gasteiger partial charge in [-0.3, -0.25) is 4.79 Å². The number of carboxylic acid groups (broad SMARTS) is 1. The zero-order chi connectivity index (χ0) is 13.3. The minimum Gasteiger partial charge on any atom is -0.478 e. The molecule has 3 aliphatic carbocycles. The normalized spacial score (nSPS) is 41.2. The molecule has 0 bridgehead atoms. The van der Waals surface area contributed by atoms with Crippen molar-refractivity contribution in [2.45, 2.75) is 46.5 Å². The number of allylic oxidation sites excluding steroid dienone is 1. The standard InChI is InChI=1S/C15H20O3/c1-14(2)6-9-10(7-14)12(16)15(3)5-4-8(11(9)15)13(17)18/h9-10H,4-7H2,1-3H3,(H,17,18). The van der Waals surface area contributed by atoms with Crippen LogP contribution in [0.25, 0.3) is 0 Å². The molecule has 3 unspecified atom stereocenters. The quantitative estimate of drug-likeness (QED) is 0.776. The molecule has 18 heavy (non-hydrogen) atoms. The molecule has 0 aromatic heterocycles. The van der Waals surface area contributed by atoms with Crippen LogP contribution in [-0.2, 0) is 9.59 Å². The highest BCUT2D eigenvalue weighted by atomic mass is 16.4. The van der Waals surface area contributed by atoms with Crippen LogP contribution < -0.4 is 0 Å². The molecule has 2 fully saturated rings. The fraction of sp³-hybridized carbons (Fsp3) is 0.733. The van der Waals surface area contributed by atoms with E-state index in [-0.39, 0.29) is 17.3 Å². The number of ketones is 1. The highest BCUT2D eigenvalue weighted by Crippen LogP contribution is 2.63. The van der Waals surface area contributed by atoms with Crippen LogP contribution in [0, 0.1) is 22.7 Å². The van der Waals surface area contributed by atoms with Crippen LogP contribution in [0.15, 0.2) is 11.1 Å². The van der Waals surface area contributed by atoms with E-state index in [1.54, 1.807) is 0 Å². The molecule has 2 saturated carbocycles. The maximum absolute atomic E-state index is 12.6. The average molecular weight is 248 g/mol. The van der Waals surface area contributed by atoms with E-state index >= 15 is 0 Å². The fourth-order valence-corrected chi connectivity index (χ4v) is 4.63. The van der Waals surface area contributed by atoms with Crippen molar-refractivity contribution < 1.29 is 14.7 Å². The lowest BCUT2D eigenvalue weighted by molar-refractivity contribution is -0.133. The van der Waals surface area contributed by atoms with Crippen molar-refractivity contribution in [3.05, 3.63) is 11.1 Å². The number of carbonyl (C=O) groups is 2. The van der Waals surface area contributed by atoms with Crippen molar-refractivity contribution in [1.29, 1.82) is 0 Å². The molecule has 0 spiro atoms. The molecule has 0 saturated heterocycles. The maximum Gasteiger partial charge on any atom is 0.331 e. The first kappa shape index (κ1) is 11.9. The second-order valence-corrected chi connectivity index (χ2v) is 7.18. The monoisotopic (exact) mass is 248 g/mol. The highest BCUT2D eigenvalue weighted by Gasteiger charge is 2.61. The van der Waals surface area contributed by atoms with Gasteiger partial charge in [0.15, 0.2) is 0 Å². The maximum atomic E-state index is 12.6. The third kappa shape index (κ3) is 1.30. The number of fused-ring (bicyclic) bond motifs is 3. The third-order valence-electron chi connectivity index (χ3n) is 5.33. The van der Waals surface area contributed by atoms with Gasteiger partial charge in [0, 0.05) is 16.9 Å². The second kappa shape index (κ2) is 3.25. The Kier molecular flexibility index (Phi) is 2.16. The molecule has 3 heteroatoms. The molecule has 0 heterocycles. The first-order chi connectivity index (χ1) is 8.26. The van der Waals surface area contributed by atoms with Gasteiger partial charge in [0.1, 0.15) is 5.78 Å². The summed E-state index contributed by atoms with van der Waals surface area (Å²) in [5, 5.41) is 9.34. The van der Waals surface area contributed by atoms with Gasteiger partial charge in [0.05, 0.1) is 0 Å². The summed E-state index contributed by atoms with van der Waals surface area (Å²) in [6, 6.07) is 0. The Morgan fingerprint density at radius 1 is 1.22 bits per heavy atom. The molecule has 0 aromatic carbocycles. The second-order valence-electron chi connectivity index (χ2n) is 7.18. The number of Topliss-reactive ketones (excluding diaryl/α,β-unsaturated/α-hetero) is 1. The zero-order valence-corrected chi connectivity index (χ0v) is 11.2. The van der Waals surface area contributed by atoms with Crippen molar-refractivity contribution in [2.24, 2.45) is 22.7 Å². The fourth-order valence-electron chi connectivity index (χ4n) is 4.63. The summed E-state index contributed by atoms with van der Waals surface area (Å²) >= 11 is 0. The Morgan fingerprint density at radius 3 is 2.44 bits per heavy atom. The lowest BCUT2D eigenvalue weighted by Crippen LogP contribution is -2.26. The summed E-state index contributed by atoms with van der Waals surface area (Å²) in [6.07, 6.45) is 3.15. The topological polar surface area (TPSA) is 54.4 Å². The lowest BCUT2D eigenvalue weighted by atomic mass is 9.78. The van der Waals surface area contributed by atoms with E-state index in [4.69, 9.17) is 0 Å². The Morgan fingerprint density at radius 2 is 1.83 bits per heavy atom. The predicted molar refractivity (Wildman–Crippen MR) is 67.0 cm³/mol. The molecule has 98 valence electrons. The van der Waals surface area contributed by atoms with Crippen LogP contribution in [0.4, 0.5) is 0 Å². The SMILES string of the molecule is CC1(C)CC2C(=O)C3(C)CCC(C(=O)O)=C3C2C1. The minimum atomic E-state index is -0.813. The molecular formula is C15H20O3. The predicted octanol–water partition coefficient (Wildman–Crippen LogP) is 2.80. The summed E-state index contributed by atoms with van der Waals surface area (Å²) in [6.45, 7) is 6.34. The molecule has 3 nitrogen and oxygen atoms in total. The van der Waals surface area contributed by atoms with Gasteiger partial charge in [-0.1, -0.05) is 13.8 Å². The van der Waals surface area contributed by atoms with Crippen LogP contribution >= 0.6 is 0 Å². The average Bonchev–Trinajstić information content (AvgIpc) is 2.79. The molecule has 3 atom stereocenters. The van der Waals surface area contributed by atoms with Gasteiger partial charge in [-0.25, -0.2) is 4.79 Å². The van der Waals surface area contributed by atoms with E-state index < -0.39 is 11.4 Å². The number of hydrogen-bond acceptors (Lipinski definition) is 2. The molecule has 3 aliphatic rings. The van der Waals surface area contributed by atoms with Crippen LogP contribution in [0.3, 0.4) is 0 Å². The van der Waals surface area contributed by atoms with E-state index in [1.165, 1.54) is 0 Å². The molecule has 3 rings (SSSR count). The van der Waals surface area contributed by atoms with Gasteiger partial charge in [0.25, 0.3) is 0 Å². The van der Waals surface area contributed by atoms with Gasteiger partial charge in [0.2, 0.25) is 0 Å². The lowest BCUT2D eigenvalue weighted by Gasteiger charge is -2.25. The van der Waals surface area contributed by atoms with Crippen molar-refractivity contribution in [3.8, 4) is 0 Å². The van der Waals surface area contributed by atoms with E-state index in [1.807, 2.05) is 6.92 Å². The Labute approximate surface area is 107 Å². The molecular weight excluding hydrogens is 228 g/mol. The van der Waals surface area contributed by atoms with Crippen molar-refractivity contribution >= 4 is 11.8 Å². The Bertz CT molecular complexity index is 486. The van der Waals surface area contributed by atoms with Crippen molar-refractivity contribution in [2.75, 3.05) is 0 Å². The van der Waals surface area contributed by atoms with E-state index in [0.29, 0.717) is 24.2 Å². The summed E-state index contributed by atoms with van der Waals surface area (Å²) in [4.78, 5) is 24.0. The molecule has 0 radical (unpaired) electrons. The van der Waals surface area contributed by atoms with E-state index in [9.17, 15) is 14.7 Å². The summed E-state index contributed by atoms with van der Waals surface area (Å²) in [5.74, 6) is -0.225. The van der Waals surface area contributed by atoms with Gasteiger partial charge >= 0.3 is 5.97 Å². The van der Waals surface area contributed by atoms with Crippen molar-refractivity contribution in [1.82, 2.24) is 0 Å². The molecule has 0 amide bonds. The summed E-state index contributed by atoms with van der Waals surface area (Å²) in [7, 11) is 0. The first-order valence-corrected chi connectivity index (χ1v) is 6.77. The van der Waals surface area contributed by atoms with Crippen molar-refractivity contribution in [3.63, 3.8) is 0 Å². The van der Waals surface area contributed by atoms with E-state index in [0.717, 1.165) is 18.4 Å². The number of carboxylic acids is 1. The molecule has 1 N–H and O–H groups in total. The minimum absolute atomic E-state index is 0.0784. The van der Waals surface area contributed by atoms with Gasteiger partial charge < -0.3 is 5.11 Å². The number of carbonyl (C=O) groups excluding carboxylic acids is 1. The van der Waals surface area contributed by atoms with Crippen LogP contribution in [-0.4, -0.2) is 16.9 Å². The smallest absolute Gasteiger partial charge is 0.331 e. The van der Waals surface area contributed by atoms with Crippen LogP contribution in [0.2, 0.25) is 0 Å². The van der Waals surface area contributed by atoms with Crippen LogP contribution in [0.5, 0.6) is 0 Å². The largest absolute Gasteiger partial charge is 0.478 e. The van der Waals surface area contributed by atoms with Gasteiger partial charge in [-0.05, 0) is 49.5 Å². The summed E-state index contributed by atoms with van der Waals surface area (Å²) in [5.41, 5.74) is 1.23. The molecule has 0 aliphatic heterocycles. The number of rotatable bonds is 1. The Balaban J connectivity index is 2.12. The molecule has 0 aromatic rings. The number of aliphatic carboxylic acids is 1. The highest BCUT2D eigenvalue weighted by molar-refractivity contribution is 6.00. The zero-order valence-electron chi connectivity index (χ0n) is 11.2. The first-order valence-electron chi connectivity index (χ1n) is 6.77. The van der Waals surface area contributed by atoms with Gasteiger partial charge in [-0.2, -0.15) is 0 Å². The van der Waals surface area contributed by atoms with Gasteiger partial charge in [-0.15, -0.1) is 0 Å².